The van der Waals surface area contributed by atoms with Crippen LogP contribution in [0.15, 0.2) is 186 Å². The van der Waals surface area contributed by atoms with E-state index < -0.39 is 0 Å². The lowest BCUT2D eigenvalue weighted by Gasteiger charge is -2.42. The predicted molar refractivity (Wildman–Crippen MR) is 260 cm³/mol. The van der Waals surface area contributed by atoms with Gasteiger partial charge in [0.15, 0.2) is 5.58 Å². The first kappa shape index (κ1) is 35.3. The van der Waals surface area contributed by atoms with Crippen LogP contribution >= 0.6 is 0 Å². The zero-order valence-corrected chi connectivity index (χ0v) is 34.6. The molecule has 0 fully saturated rings. The fourth-order valence-electron chi connectivity index (χ4n) is 10.8. The highest BCUT2D eigenvalue weighted by molar-refractivity contribution is 6.95. The van der Waals surface area contributed by atoms with Crippen molar-refractivity contribution in [2.75, 3.05) is 9.71 Å². The molecule has 0 saturated heterocycles. The van der Waals surface area contributed by atoms with Crippen LogP contribution in [0.2, 0.25) is 0 Å². The molecule has 0 bridgehead atoms. The van der Waals surface area contributed by atoms with E-state index in [2.05, 4.69) is 209 Å². The van der Waals surface area contributed by atoms with Gasteiger partial charge in [0, 0.05) is 60.7 Å². The second-order valence-corrected chi connectivity index (χ2v) is 17.0. The molecular weight excluding hydrogens is 753 g/mol. The number of unbranched alkanes of at least 4 members (excludes halogenated alkanes) is 1. The molecule has 4 nitrogen and oxygen atoms in total. The van der Waals surface area contributed by atoms with Gasteiger partial charge in [-0.3, -0.25) is 0 Å². The van der Waals surface area contributed by atoms with Gasteiger partial charge in [-0.05, 0) is 119 Å². The summed E-state index contributed by atoms with van der Waals surface area (Å²) in [6, 6.07) is 67.1. The number of para-hydroxylation sites is 4. The molecule has 3 aliphatic rings. The maximum Gasteiger partial charge on any atom is 0.329 e. The normalized spacial score (nSPS) is 13.4. The van der Waals surface area contributed by atoms with Crippen molar-refractivity contribution in [3.63, 3.8) is 0 Å². The zero-order valence-electron chi connectivity index (χ0n) is 34.6. The Morgan fingerprint density at radius 1 is 0.581 bits per heavy atom. The molecule has 0 unspecified atom stereocenters. The molecule has 62 heavy (non-hydrogen) atoms. The smallest absolute Gasteiger partial charge is 0.329 e. The summed E-state index contributed by atoms with van der Waals surface area (Å²) in [5.41, 5.74) is 19.0. The summed E-state index contributed by atoms with van der Waals surface area (Å²) in [6.07, 6.45) is 6.82. The van der Waals surface area contributed by atoms with E-state index >= 15 is 0 Å². The summed E-state index contributed by atoms with van der Waals surface area (Å²) in [4.78, 5) is 5.05. The number of benzene rings is 8. The van der Waals surface area contributed by atoms with Crippen LogP contribution < -0.4 is 25.7 Å². The third-order valence-corrected chi connectivity index (χ3v) is 13.6. The lowest BCUT2D eigenvalue weighted by Crippen LogP contribution is -2.57. The fourth-order valence-corrected chi connectivity index (χ4v) is 10.8. The number of nitrogens with zero attached hydrogens (tertiary/aromatic N) is 3. The van der Waals surface area contributed by atoms with Gasteiger partial charge in [-0.15, -0.1) is 0 Å². The number of aryl methyl sites for hydroxylation is 1. The van der Waals surface area contributed by atoms with Crippen molar-refractivity contribution in [1.29, 1.82) is 0 Å². The van der Waals surface area contributed by atoms with Gasteiger partial charge in [0.25, 0.3) is 0 Å². The molecule has 0 radical (unpaired) electrons. The maximum atomic E-state index is 6.94. The molecule has 2 aliphatic heterocycles. The van der Waals surface area contributed by atoms with Gasteiger partial charge < -0.3 is 18.7 Å². The predicted octanol–water partition coefficient (Wildman–Crippen LogP) is 12.9. The highest BCUT2D eigenvalue weighted by atomic mass is 16.3. The number of anilines is 5. The largest absolute Gasteiger partial charge is 0.454 e. The molecule has 1 aliphatic carbocycles. The summed E-state index contributed by atoms with van der Waals surface area (Å²) in [7, 11) is 0. The zero-order chi connectivity index (χ0) is 40.9. The number of hydrogen-bond acceptors (Lipinski definition) is 3. The van der Waals surface area contributed by atoms with Crippen molar-refractivity contribution in [1.82, 2.24) is 4.57 Å². The molecule has 5 heteroatoms. The molecule has 2 aromatic heterocycles. The lowest BCUT2D eigenvalue weighted by molar-refractivity contribution is 0.669. The third kappa shape index (κ3) is 5.15. The van der Waals surface area contributed by atoms with Gasteiger partial charge in [-0.2, -0.15) is 0 Å². The molecule has 0 saturated carbocycles. The molecule has 0 atom stereocenters. The van der Waals surface area contributed by atoms with Crippen molar-refractivity contribution in [3.8, 4) is 27.9 Å². The molecule has 10 aromatic rings. The highest BCUT2D eigenvalue weighted by Crippen LogP contribution is 2.50. The summed E-state index contributed by atoms with van der Waals surface area (Å²) >= 11 is 0. The first-order valence-electron chi connectivity index (χ1n) is 22.1. The standard InChI is InChI=1S/C57H42BN3O/c1-2-3-15-37-26-28-41(29-27-37)59(40-18-8-5-9-19-40)42-30-31-44-48-34-39(38-16-6-4-7-17-38)35-53-55(48)58(49-33-32-46-43-20-10-12-23-50(43)60(53)56(46)49)61(52(44)36-42)51-24-14-22-47-45-21-11-13-25-54(45)62-57(47)51/h4-14,16-32,34-36H,2-3,15,33H2,1H3. The van der Waals surface area contributed by atoms with E-state index in [1.165, 1.54) is 78.8 Å². The minimum absolute atomic E-state index is 0.0799. The van der Waals surface area contributed by atoms with Gasteiger partial charge in [-0.25, -0.2) is 0 Å². The molecule has 294 valence electrons. The fraction of sp³-hybridized carbons (Fsp3) is 0.0877. The van der Waals surface area contributed by atoms with Crippen molar-refractivity contribution in [2.24, 2.45) is 0 Å². The van der Waals surface area contributed by atoms with Crippen LogP contribution in [0.3, 0.4) is 0 Å². The second-order valence-electron chi connectivity index (χ2n) is 17.0. The molecule has 0 N–H and O–H groups in total. The van der Waals surface area contributed by atoms with Crippen LogP contribution in [0, 0.1) is 0 Å². The second kappa shape index (κ2) is 13.8. The Bertz CT molecular complexity index is 3550. The van der Waals surface area contributed by atoms with Crippen LogP contribution in [-0.2, 0) is 6.42 Å². The Labute approximate surface area is 361 Å². The average molecular weight is 796 g/mol. The van der Waals surface area contributed by atoms with E-state index in [4.69, 9.17) is 4.42 Å². The minimum Gasteiger partial charge on any atom is -0.454 e. The number of furan rings is 1. The summed E-state index contributed by atoms with van der Waals surface area (Å²) in [5, 5.41) is 6.24. The number of hydrogen-bond donors (Lipinski definition) is 0. The van der Waals surface area contributed by atoms with Crippen LogP contribution in [0.1, 0.15) is 31.7 Å². The van der Waals surface area contributed by atoms with Gasteiger partial charge in [0.1, 0.15) is 5.58 Å². The molecule has 0 spiro atoms. The third-order valence-electron chi connectivity index (χ3n) is 13.6. The molecule has 4 heterocycles. The van der Waals surface area contributed by atoms with E-state index in [0.717, 1.165) is 63.2 Å². The number of aromatic nitrogens is 1. The quantitative estimate of drug-likeness (QED) is 0.143. The SMILES string of the molecule is CCCCc1ccc(N(c2ccccc2)c2ccc3c(c2)N(c2cccc4c2oc2ccccc24)B2C4=c5c(c6ccccc6n5-c5cc(-c6ccccc6)cc-3c52)=CC4)cc1. The Hall–Kier alpha value is -7.50. The Morgan fingerprint density at radius 3 is 2.15 bits per heavy atom. The number of rotatable bonds is 8. The van der Waals surface area contributed by atoms with Crippen molar-refractivity contribution >= 4 is 85.1 Å². The van der Waals surface area contributed by atoms with Crippen LogP contribution in [-0.4, -0.2) is 11.4 Å². The van der Waals surface area contributed by atoms with E-state index in [-0.39, 0.29) is 6.85 Å². The van der Waals surface area contributed by atoms with Gasteiger partial charge in [0.05, 0.1) is 11.2 Å². The average Bonchev–Trinajstić information content (AvgIpc) is 4.04. The summed E-state index contributed by atoms with van der Waals surface area (Å²) in [5.74, 6) is 0. The molecular formula is C57H42BN3O. The van der Waals surface area contributed by atoms with Crippen LogP contribution in [0.25, 0.3) is 72.3 Å². The van der Waals surface area contributed by atoms with Gasteiger partial charge >= 0.3 is 6.85 Å². The maximum absolute atomic E-state index is 6.94. The molecule has 8 aromatic carbocycles. The molecule has 0 amide bonds. The number of fused-ring (bicyclic) bond motifs is 10. The lowest BCUT2D eigenvalue weighted by atomic mass is 9.43. The summed E-state index contributed by atoms with van der Waals surface area (Å²) in [6.45, 7) is 2.18. The minimum atomic E-state index is -0.0799. The Morgan fingerprint density at radius 2 is 1.31 bits per heavy atom. The van der Waals surface area contributed by atoms with Gasteiger partial charge in [-0.1, -0.05) is 135 Å². The van der Waals surface area contributed by atoms with Gasteiger partial charge in [0.2, 0.25) is 0 Å². The topological polar surface area (TPSA) is 24.6 Å². The van der Waals surface area contributed by atoms with Crippen molar-refractivity contribution < 1.29 is 4.42 Å². The highest BCUT2D eigenvalue weighted by Gasteiger charge is 2.45. The first-order chi connectivity index (χ1) is 30.7. The van der Waals surface area contributed by atoms with Crippen molar-refractivity contribution in [2.45, 2.75) is 32.6 Å². The van der Waals surface area contributed by atoms with E-state index in [0.29, 0.717) is 0 Å². The van der Waals surface area contributed by atoms with E-state index in [9.17, 15) is 0 Å². The molecule has 13 rings (SSSR count). The van der Waals surface area contributed by atoms with Crippen LogP contribution in [0.5, 0.6) is 0 Å². The summed E-state index contributed by atoms with van der Waals surface area (Å²) < 4.78 is 9.51. The van der Waals surface area contributed by atoms with Crippen molar-refractivity contribution in [3.05, 3.63) is 198 Å². The van der Waals surface area contributed by atoms with Crippen LogP contribution in [0.4, 0.5) is 28.4 Å². The Balaban J connectivity index is 1.13. The first-order valence-corrected chi connectivity index (χ1v) is 22.1. The Kier molecular flexibility index (Phi) is 7.83. The van der Waals surface area contributed by atoms with E-state index in [1.807, 2.05) is 0 Å². The van der Waals surface area contributed by atoms with E-state index in [1.54, 1.807) is 0 Å². The monoisotopic (exact) mass is 795 g/mol.